The molecule has 0 spiro atoms. The molecule has 112 valence electrons. The predicted molar refractivity (Wildman–Crippen MR) is 78.1 cm³/mol. The third-order valence-corrected chi connectivity index (χ3v) is 3.94. The molecule has 1 saturated heterocycles. The van der Waals surface area contributed by atoms with Gasteiger partial charge in [-0.3, -0.25) is 9.69 Å². The van der Waals surface area contributed by atoms with Crippen LogP contribution in [0.5, 0.6) is 0 Å². The van der Waals surface area contributed by atoms with Gasteiger partial charge in [-0.05, 0) is 44.0 Å². The van der Waals surface area contributed by atoms with E-state index in [0.29, 0.717) is 6.54 Å². The number of nitrogens with two attached hydrogens (primary N) is 1. The van der Waals surface area contributed by atoms with Crippen LogP contribution in [0, 0.1) is 5.92 Å². The van der Waals surface area contributed by atoms with Gasteiger partial charge in [0.2, 0.25) is 5.91 Å². The molecule has 0 bridgehead atoms. The summed E-state index contributed by atoms with van der Waals surface area (Å²) in [5.74, 6) is 0.963. The molecule has 1 aliphatic rings. The van der Waals surface area contributed by atoms with E-state index in [-0.39, 0.29) is 17.9 Å². The van der Waals surface area contributed by atoms with E-state index in [4.69, 9.17) is 10.2 Å². The van der Waals surface area contributed by atoms with Gasteiger partial charge in [0, 0.05) is 6.54 Å². The van der Waals surface area contributed by atoms with Crippen LogP contribution in [0.15, 0.2) is 22.8 Å². The van der Waals surface area contributed by atoms with Crippen LogP contribution in [-0.2, 0) is 4.79 Å². The van der Waals surface area contributed by atoms with Crippen molar-refractivity contribution in [1.82, 2.24) is 10.2 Å². The van der Waals surface area contributed by atoms with Crippen LogP contribution in [0.3, 0.4) is 0 Å². The minimum atomic E-state index is -0.453. The molecule has 2 atom stereocenters. The summed E-state index contributed by atoms with van der Waals surface area (Å²) in [5, 5.41) is 2.96. The third kappa shape index (κ3) is 3.61. The van der Waals surface area contributed by atoms with E-state index in [1.54, 1.807) is 6.26 Å². The molecule has 2 unspecified atom stereocenters. The molecule has 0 aliphatic carbocycles. The second kappa shape index (κ2) is 6.90. The van der Waals surface area contributed by atoms with Crippen LogP contribution in [0.25, 0.3) is 0 Å². The smallest absolute Gasteiger partial charge is 0.237 e. The number of rotatable bonds is 6. The zero-order valence-corrected chi connectivity index (χ0v) is 12.3. The normalized spacial score (nSPS) is 19.2. The van der Waals surface area contributed by atoms with Gasteiger partial charge in [0.25, 0.3) is 0 Å². The topological polar surface area (TPSA) is 71.5 Å². The highest BCUT2D eigenvalue weighted by Gasteiger charge is 2.27. The average Bonchev–Trinajstić information content (AvgIpc) is 3.10. The molecular formula is C15H25N3O2. The number of nitrogens with zero attached hydrogens (tertiary/aromatic N) is 1. The van der Waals surface area contributed by atoms with Crippen molar-refractivity contribution >= 4 is 5.91 Å². The van der Waals surface area contributed by atoms with Crippen molar-refractivity contribution < 1.29 is 9.21 Å². The van der Waals surface area contributed by atoms with Gasteiger partial charge in [-0.1, -0.05) is 13.8 Å². The largest absolute Gasteiger partial charge is 0.468 e. The first-order valence-electron chi connectivity index (χ1n) is 7.40. The van der Waals surface area contributed by atoms with Crippen LogP contribution in [0.1, 0.15) is 38.5 Å². The molecule has 5 heteroatoms. The zero-order chi connectivity index (χ0) is 14.5. The van der Waals surface area contributed by atoms with Crippen molar-refractivity contribution in [3.8, 4) is 0 Å². The average molecular weight is 279 g/mol. The standard InChI is InChI=1S/C15H25N3O2/c1-11(2)14(16)15(19)17-10-12(13-6-5-9-20-13)18-7-3-4-8-18/h5-6,9,11-12,14H,3-4,7-8,10,16H2,1-2H3,(H,17,19). The minimum Gasteiger partial charge on any atom is -0.468 e. The first kappa shape index (κ1) is 15.1. The minimum absolute atomic E-state index is 0.0873. The Kier molecular flexibility index (Phi) is 5.20. The van der Waals surface area contributed by atoms with Crippen LogP contribution in [0.4, 0.5) is 0 Å². The van der Waals surface area contributed by atoms with Gasteiger partial charge in [0.05, 0.1) is 18.3 Å². The molecular weight excluding hydrogens is 254 g/mol. The maximum absolute atomic E-state index is 12.0. The summed E-state index contributed by atoms with van der Waals surface area (Å²) in [6.07, 6.45) is 4.09. The summed E-state index contributed by atoms with van der Waals surface area (Å²) in [4.78, 5) is 14.3. The lowest BCUT2D eigenvalue weighted by molar-refractivity contribution is -0.123. The van der Waals surface area contributed by atoms with E-state index < -0.39 is 6.04 Å². The Bertz CT molecular complexity index is 411. The van der Waals surface area contributed by atoms with Gasteiger partial charge < -0.3 is 15.5 Å². The highest BCUT2D eigenvalue weighted by molar-refractivity contribution is 5.81. The summed E-state index contributed by atoms with van der Waals surface area (Å²) in [7, 11) is 0. The van der Waals surface area contributed by atoms with Crippen molar-refractivity contribution in [3.05, 3.63) is 24.2 Å². The van der Waals surface area contributed by atoms with Gasteiger partial charge in [-0.2, -0.15) is 0 Å². The number of hydrogen-bond donors (Lipinski definition) is 2. The van der Waals surface area contributed by atoms with Gasteiger partial charge in [0.1, 0.15) is 5.76 Å². The highest BCUT2D eigenvalue weighted by Crippen LogP contribution is 2.24. The monoisotopic (exact) mass is 279 g/mol. The van der Waals surface area contributed by atoms with E-state index >= 15 is 0 Å². The van der Waals surface area contributed by atoms with Gasteiger partial charge >= 0.3 is 0 Å². The number of furan rings is 1. The van der Waals surface area contributed by atoms with E-state index in [9.17, 15) is 4.79 Å². The van der Waals surface area contributed by atoms with E-state index in [1.807, 2.05) is 26.0 Å². The number of likely N-dealkylation sites (tertiary alicyclic amines) is 1. The Morgan fingerprint density at radius 1 is 1.45 bits per heavy atom. The van der Waals surface area contributed by atoms with Gasteiger partial charge in [0.15, 0.2) is 0 Å². The molecule has 0 saturated carbocycles. The van der Waals surface area contributed by atoms with Crippen molar-refractivity contribution in [2.75, 3.05) is 19.6 Å². The molecule has 1 aliphatic heterocycles. The molecule has 1 aromatic heterocycles. The van der Waals surface area contributed by atoms with E-state index in [2.05, 4.69) is 10.2 Å². The van der Waals surface area contributed by atoms with Crippen molar-refractivity contribution in [2.24, 2.45) is 11.7 Å². The maximum Gasteiger partial charge on any atom is 0.237 e. The molecule has 0 radical (unpaired) electrons. The fourth-order valence-electron chi connectivity index (χ4n) is 2.56. The second-order valence-electron chi connectivity index (χ2n) is 5.79. The number of nitrogens with one attached hydrogen (secondary N) is 1. The SMILES string of the molecule is CC(C)C(N)C(=O)NCC(c1ccco1)N1CCCC1. The maximum atomic E-state index is 12.0. The molecule has 3 N–H and O–H groups in total. The molecule has 2 heterocycles. The van der Waals surface area contributed by atoms with E-state index in [1.165, 1.54) is 12.8 Å². The predicted octanol–water partition coefficient (Wildman–Crippen LogP) is 1.52. The molecule has 1 fully saturated rings. The lowest BCUT2D eigenvalue weighted by Gasteiger charge is -2.26. The summed E-state index contributed by atoms with van der Waals surface area (Å²) in [6, 6.07) is 3.51. The van der Waals surface area contributed by atoms with Gasteiger partial charge in [-0.25, -0.2) is 0 Å². The molecule has 20 heavy (non-hydrogen) atoms. The van der Waals surface area contributed by atoms with E-state index in [0.717, 1.165) is 18.8 Å². The quantitative estimate of drug-likeness (QED) is 0.828. The Labute approximate surface area is 120 Å². The summed E-state index contributed by atoms with van der Waals surface area (Å²) in [5.41, 5.74) is 5.87. The summed E-state index contributed by atoms with van der Waals surface area (Å²) in [6.45, 7) is 6.56. The molecule has 0 aromatic carbocycles. The molecule has 1 aromatic rings. The lowest BCUT2D eigenvalue weighted by Crippen LogP contribution is -2.46. The first-order valence-corrected chi connectivity index (χ1v) is 7.40. The Morgan fingerprint density at radius 2 is 2.15 bits per heavy atom. The zero-order valence-electron chi connectivity index (χ0n) is 12.3. The summed E-state index contributed by atoms with van der Waals surface area (Å²) < 4.78 is 5.52. The fraction of sp³-hybridized carbons (Fsp3) is 0.667. The van der Waals surface area contributed by atoms with Crippen LogP contribution >= 0.6 is 0 Å². The Morgan fingerprint density at radius 3 is 2.70 bits per heavy atom. The van der Waals surface area contributed by atoms with Crippen molar-refractivity contribution in [2.45, 2.75) is 38.8 Å². The van der Waals surface area contributed by atoms with Crippen LogP contribution < -0.4 is 11.1 Å². The number of amides is 1. The third-order valence-electron chi connectivity index (χ3n) is 3.94. The van der Waals surface area contributed by atoms with Crippen molar-refractivity contribution in [1.29, 1.82) is 0 Å². The van der Waals surface area contributed by atoms with Crippen LogP contribution in [0.2, 0.25) is 0 Å². The Balaban J connectivity index is 1.96. The van der Waals surface area contributed by atoms with Crippen molar-refractivity contribution in [3.63, 3.8) is 0 Å². The number of carbonyl (C=O) groups is 1. The molecule has 5 nitrogen and oxygen atoms in total. The Hall–Kier alpha value is -1.33. The highest BCUT2D eigenvalue weighted by atomic mass is 16.3. The number of carbonyl (C=O) groups excluding carboxylic acids is 1. The lowest BCUT2D eigenvalue weighted by atomic mass is 10.0. The molecule has 1 amide bonds. The second-order valence-corrected chi connectivity index (χ2v) is 5.79. The van der Waals surface area contributed by atoms with Gasteiger partial charge in [-0.15, -0.1) is 0 Å². The summed E-state index contributed by atoms with van der Waals surface area (Å²) >= 11 is 0. The number of hydrogen-bond acceptors (Lipinski definition) is 4. The van der Waals surface area contributed by atoms with Crippen LogP contribution in [-0.4, -0.2) is 36.5 Å². The first-order chi connectivity index (χ1) is 9.59. The molecule has 2 rings (SSSR count). The fourth-order valence-corrected chi connectivity index (χ4v) is 2.56.